The second-order valence-electron chi connectivity index (χ2n) is 4.76. The van der Waals surface area contributed by atoms with Crippen LogP contribution in [0.25, 0.3) is 0 Å². The third-order valence-electron chi connectivity index (χ3n) is 2.94. The van der Waals surface area contributed by atoms with Gasteiger partial charge in [-0.3, -0.25) is 0 Å². The summed E-state index contributed by atoms with van der Waals surface area (Å²) < 4.78 is 0. The third-order valence-corrected chi connectivity index (χ3v) is 2.94. The van der Waals surface area contributed by atoms with Gasteiger partial charge < -0.3 is 20.7 Å². The highest BCUT2D eigenvalue weighted by atomic mass is 16.4. The molecule has 1 unspecified atom stereocenters. The van der Waals surface area contributed by atoms with Crippen molar-refractivity contribution in [2.24, 2.45) is 10.9 Å². The highest BCUT2D eigenvalue weighted by Crippen LogP contribution is 2.19. The van der Waals surface area contributed by atoms with Gasteiger partial charge >= 0.3 is 0 Å². The van der Waals surface area contributed by atoms with Crippen molar-refractivity contribution in [1.82, 2.24) is 9.88 Å². The summed E-state index contributed by atoms with van der Waals surface area (Å²) in [7, 11) is 4.07. The lowest BCUT2D eigenvalue weighted by Gasteiger charge is -2.32. The Morgan fingerprint density at radius 2 is 2.21 bits per heavy atom. The molecule has 0 aliphatic rings. The molecule has 1 heterocycles. The maximum atomic E-state index is 8.86. The Morgan fingerprint density at radius 3 is 2.74 bits per heavy atom. The fraction of sp³-hybridized carbons (Fsp3) is 0.538. The van der Waals surface area contributed by atoms with Crippen LogP contribution >= 0.6 is 0 Å². The van der Waals surface area contributed by atoms with E-state index in [4.69, 9.17) is 10.9 Å². The largest absolute Gasteiger partial charge is 0.409 e. The molecule has 1 aromatic heterocycles. The first-order valence-electron chi connectivity index (χ1n) is 6.35. The minimum atomic E-state index is 0.0820. The van der Waals surface area contributed by atoms with Gasteiger partial charge in [-0.2, -0.15) is 0 Å². The third kappa shape index (κ3) is 3.82. The van der Waals surface area contributed by atoms with Crippen molar-refractivity contribution in [3.8, 4) is 0 Å². The zero-order chi connectivity index (χ0) is 14.4. The first-order chi connectivity index (χ1) is 9.01. The van der Waals surface area contributed by atoms with E-state index in [1.54, 1.807) is 12.3 Å². The minimum Gasteiger partial charge on any atom is -0.409 e. The molecule has 0 saturated carbocycles. The molecular weight excluding hydrogens is 242 g/mol. The number of likely N-dealkylation sites (N-methyl/N-ethyl adjacent to an activating group) is 2. The summed E-state index contributed by atoms with van der Waals surface area (Å²) >= 11 is 0. The number of pyridine rings is 1. The van der Waals surface area contributed by atoms with Crippen LogP contribution < -0.4 is 10.6 Å². The van der Waals surface area contributed by atoms with Crippen LogP contribution in [0.4, 0.5) is 5.82 Å². The average molecular weight is 265 g/mol. The first-order valence-corrected chi connectivity index (χ1v) is 6.35. The summed E-state index contributed by atoms with van der Waals surface area (Å²) in [5.41, 5.74) is 6.36. The van der Waals surface area contributed by atoms with E-state index in [1.165, 1.54) is 0 Å². The van der Waals surface area contributed by atoms with E-state index in [1.807, 2.05) is 20.2 Å². The summed E-state index contributed by atoms with van der Waals surface area (Å²) in [5, 5.41) is 11.9. The molecule has 0 saturated heterocycles. The molecule has 1 atom stereocenters. The molecule has 0 spiro atoms. The van der Waals surface area contributed by atoms with Crippen molar-refractivity contribution in [3.63, 3.8) is 0 Å². The number of amidine groups is 1. The normalized spacial score (nSPS) is 13.6. The number of oxime groups is 1. The monoisotopic (exact) mass is 265 g/mol. The molecule has 6 heteroatoms. The number of hydrogen-bond donors (Lipinski definition) is 2. The maximum absolute atomic E-state index is 8.86. The van der Waals surface area contributed by atoms with Crippen LogP contribution in [-0.2, 0) is 0 Å². The Kier molecular flexibility index (Phi) is 5.57. The Labute approximate surface area is 114 Å². The molecule has 1 rings (SSSR count). The first kappa shape index (κ1) is 15.2. The van der Waals surface area contributed by atoms with Crippen LogP contribution in [0.1, 0.15) is 19.4 Å². The Morgan fingerprint density at radius 1 is 1.53 bits per heavy atom. The lowest BCUT2D eigenvalue weighted by Crippen LogP contribution is -2.41. The molecule has 0 aliphatic carbocycles. The van der Waals surface area contributed by atoms with Gasteiger partial charge in [-0.05, 0) is 40.1 Å². The van der Waals surface area contributed by atoms with E-state index in [-0.39, 0.29) is 11.9 Å². The van der Waals surface area contributed by atoms with Crippen LogP contribution in [0.5, 0.6) is 0 Å². The summed E-state index contributed by atoms with van der Waals surface area (Å²) in [5.74, 6) is 0.827. The van der Waals surface area contributed by atoms with Crippen molar-refractivity contribution in [2.45, 2.75) is 19.9 Å². The number of nitrogens with zero attached hydrogens (tertiary/aromatic N) is 4. The number of nitrogens with two attached hydrogens (primary N) is 1. The summed E-state index contributed by atoms with van der Waals surface area (Å²) in [4.78, 5) is 8.65. The maximum Gasteiger partial charge on any atom is 0.173 e. The topological polar surface area (TPSA) is 78.0 Å². The molecule has 0 aliphatic heterocycles. The van der Waals surface area contributed by atoms with Crippen LogP contribution in [0.15, 0.2) is 23.5 Å². The van der Waals surface area contributed by atoms with Crippen LogP contribution in [-0.4, -0.2) is 54.2 Å². The van der Waals surface area contributed by atoms with E-state index in [0.29, 0.717) is 5.56 Å². The summed E-state index contributed by atoms with van der Waals surface area (Å²) in [6, 6.07) is 3.86. The predicted molar refractivity (Wildman–Crippen MR) is 77.8 cm³/mol. The lowest BCUT2D eigenvalue weighted by molar-refractivity contribution is 0.318. The van der Waals surface area contributed by atoms with Gasteiger partial charge in [0.1, 0.15) is 5.82 Å². The molecule has 19 heavy (non-hydrogen) atoms. The van der Waals surface area contributed by atoms with Gasteiger partial charge in [0.2, 0.25) is 0 Å². The molecular formula is C13H23N5O. The average Bonchev–Trinajstić information content (AvgIpc) is 2.38. The van der Waals surface area contributed by atoms with Crippen LogP contribution in [0.3, 0.4) is 0 Å². The van der Waals surface area contributed by atoms with Crippen molar-refractivity contribution < 1.29 is 5.21 Å². The van der Waals surface area contributed by atoms with Crippen LogP contribution in [0, 0.1) is 0 Å². The number of anilines is 1. The molecule has 3 N–H and O–H groups in total. The standard InChI is InChI=1S/C13H23N5O/c1-5-18(10(2)9-17(3)4)13-11(12(14)16-19)7-6-8-15-13/h6-8,10,19H,5,9H2,1-4H3,(H2,14,16). The molecule has 0 aromatic carbocycles. The highest BCUT2D eigenvalue weighted by Gasteiger charge is 2.19. The molecule has 0 radical (unpaired) electrons. The van der Waals surface area contributed by atoms with Gasteiger partial charge in [-0.25, -0.2) is 4.98 Å². The second-order valence-corrected chi connectivity index (χ2v) is 4.76. The van der Waals surface area contributed by atoms with Crippen molar-refractivity contribution >= 4 is 11.7 Å². The highest BCUT2D eigenvalue weighted by molar-refractivity contribution is 6.01. The van der Waals surface area contributed by atoms with E-state index in [2.05, 4.69) is 33.8 Å². The molecule has 1 aromatic rings. The van der Waals surface area contributed by atoms with Crippen LogP contribution in [0.2, 0.25) is 0 Å². The van der Waals surface area contributed by atoms with Gasteiger partial charge in [-0.1, -0.05) is 5.16 Å². The number of hydrogen-bond acceptors (Lipinski definition) is 5. The zero-order valence-corrected chi connectivity index (χ0v) is 12.0. The zero-order valence-electron chi connectivity index (χ0n) is 12.0. The molecule has 6 nitrogen and oxygen atoms in total. The summed E-state index contributed by atoms with van der Waals surface area (Å²) in [6.45, 7) is 5.91. The minimum absolute atomic E-state index is 0.0820. The molecule has 106 valence electrons. The van der Waals surface area contributed by atoms with Crippen molar-refractivity contribution in [1.29, 1.82) is 0 Å². The SMILES string of the molecule is CCN(c1ncccc1/C(N)=N/O)C(C)CN(C)C. The fourth-order valence-corrected chi connectivity index (χ4v) is 2.18. The Balaban J connectivity index is 3.11. The van der Waals surface area contributed by atoms with Gasteiger partial charge in [0.25, 0.3) is 0 Å². The van der Waals surface area contributed by atoms with Gasteiger partial charge in [0, 0.05) is 25.3 Å². The van der Waals surface area contributed by atoms with Gasteiger partial charge in [0.15, 0.2) is 5.84 Å². The van der Waals surface area contributed by atoms with E-state index in [0.717, 1.165) is 18.9 Å². The van der Waals surface area contributed by atoms with Gasteiger partial charge in [0.05, 0.1) is 5.56 Å². The lowest BCUT2D eigenvalue weighted by atomic mass is 10.2. The Bertz CT molecular complexity index is 433. The second kappa shape index (κ2) is 6.94. The molecule has 0 amide bonds. The van der Waals surface area contributed by atoms with E-state index < -0.39 is 0 Å². The quantitative estimate of drug-likeness (QED) is 0.346. The molecule has 0 fully saturated rings. The molecule has 0 bridgehead atoms. The number of aromatic nitrogens is 1. The van der Waals surface area contributed by atoms with E-state index >= 15 is 0 Å². The van der Waals surface area contributed by atoms with E-state index in [9.17, 15) is 0 Å². The smallest absolute Gasteiger partial charge is 0.173 e. The fourth-order valence-electron chi connectivity index (χ4n) is 2.18. The number of rotatable bonds is 6. The van der Waals surface area contributed by atoms with Gasteiger partial charge in [-0.15, -0.1) is 0 Å². The summed E-state index contributed by atoms with van der Waals surface area (Å²) in [6.07, 6.45) is 1.72. The van der Waals surface area contributed by atoms with Crippen molar-refractivity contribution in [3.05, 3.63) is 23.9 Å². The van der Waals surface area contributed by atoms with Crippen molar-refractivity contribution in [2.75, 3.05) is 32.1 Å². The Hall–Kier alpha value is -1.82. The predicted octanol–water partition coefficient (Wildman–Crippen LogP) is 0.952.